The molecule has 0 aliphatic carbocycles. The van der Waals surface area contributed by atoms with Crippen molar-refractivity contribution in [3.05, 3.63) is 59.0 Å². The molecular weight excluding hydrogens is 340 g/mol. The maximum Gasteiger partial charge on any atom is 0.231 e. The minimum Gasteiger partial charge on any atom is -0.378 e. The van der Waals surface area contributed by atoms with E-state index in [4.69, 9.17) is 0 Å². The molecule has 2 aromatic heterocycles. The topological polar surface area (TPSA) is 75.5 Å². The number of ketones is 1. The van der Waals surface area contributed by atoms with E-state index in [0.717, 1.165) is 39.5 Å². The quantitative estimate of drug-likeness (QED) is 0.653. The Morgan fingerprint density at radius 1 is 1.07 bits per heavy atom. The minimum absolute atomic E-state index is 0.118. The van der Waals surface area contributed by atoms with Crippen molar-refractivity contribution in [2.75, 3.05) is 10.6 Å². The molecule has 0 unspecified atom stereocenters. The summed E-state index contributed by atoms with van der Waals surface area (Å²) in [7, 11) is 0. The number of hydrogen-bond donors (Lipinski definition) is 2. The second-order valence-corrected chi connectivity index (χ2v) is 6.78. The van der Waals surface area contributed by atoms with E-state index in [9.17, 15) is 9.59 Å². The zero-order valence-corrected chi connectivity index (χ0v) is 16.1. The van der Waals surface area contributed by atoms with E-state index in [1.807, 2.05) is 57.3 Å². The van der Waals surface area contributed by atoms with E-state index in [-0.39, 0.29) is 18.1 Å². The first-order chi connectivity index (χ1) is 12.9. The maximum absolute atomic E-state index is 12.0. The first kappa shape index (κ1) is 18.6. The van der Waals surface area contributed by atoms with Crippen LogP contribution in [0.25, 0.3) is 5.65 Å². The van der Waals surface area contributed by atoms with Crippen LogP contribution in [0.1, 0.15) is 35.9 Å². The summed E-state index contributed by atoms with van der Waals surface area (Å²) in [6, 6.07) is 9.73. The van der Waals surface area contributed by atoms with Crippen LogP contribution >= 0.6 is 0 Å². The molecule has 0 atom stereocenters. The maximum atomic E-state index is 12.0. The molecule has 140 valence electrons. The van der Waals surface area contributed by atoms with E-state index < -0.39 is 0 Å². The molecule has 0 saturated carbocycles. The zero-order chi connectivity index (χ0) is 19.6. The molecule has 2 heterocycles. The monoisotopic (exact) mass is 364 g/mol. The Balaban J connectivity index is 1.85. The average Bonchev–Trinajstić information content (AvgIpc) is 2.89. The van der Waals surface area contributed by atoms with Crippen LogP contribution in [-0.2, 0) is 16.1 Å². The molecule has 0 aliphatic heterocycles. The van der Waals surface area contributed by atoms with Crippen LogP contribution in [0, 0.1) is 20.8 Å². The second kappa shape index (κ2) is 7.61. The molecule has 1 aromatic carbocycles. The Morgan fingerprint density at radius 3 is 2.56 bits per heavy atom. The van der Waals surface area contributed by atoms with Crippen LogP contribution in [-0.4, -0.2) is 21.1 Å². The molecule has 0 saturated heterocycles. The van der Waals surface area contributed by atoms with Crippen LogP contribution in [0.15, 0.2) is 36.5 Å². The highest BCUT2D eigenvalue weighted by Crippen LogP contribution is 2.24. The third kappa shape index (κ3) is 4.00. The first-order valence-corrected chi connectivity index (χ1v) is 8.92. The summed E-state index contributed by atoms with van der Waals surface area (Å²) in [4.78, 5) is 27.8. The van der Waals surface area contributed by atoms with E-state index in [0.29, 0.717) is 6.54 Å². The number of nitrogens with one attached hydrogen (secondary N) is 2. The number of nitrogens with zero attached hydrogens (tertiary/aromatic N) is 2. The molecule has 0 aliphatic rings. The molecule has 0 bridgehead atoms. The first-order valence-electron chi connectivity index (χ1n) is 8.92. The third-order valence-corrected chi connectivity index (χ3v) is 4.68. The van der Waals surface area contributed by atoms with Gasteiger partial charge in [0.25, 0.3) is 0 Å². The Kier molecular flexibility index (Phi) is 5.26. The van der Waals surface area contributed by atoms with Crippen molar-refractivity contribution in [1.82, 2.24) is 9.38 Å². The van der Waals surface area contributed by atoms with Crippen molar-refractivity contribution in [3.63, 3.8) is 0 Å². The molecule has 3 rings (SSSR count). The number of benzene rings is 1. The van der Waals surface area contributed by atoms with E-state index >= 15 is 0 Å². The van der Waals surface area contributed by atoms with Gasteiger partial charge in [0.15, 0.2) is 5.65 Å². The smallest absolute Gasteiger partial charge is 0.231 e. The van der Waals surface area contributed by atoms with E-state index in [1.165, 1.54) is 6.92 Å². The Morgan fingerprint density at radius 2 is 1.81 bits per heavy atom. The SMILES string of the molecule is CC(=O)CC(=O)Nc1cccc(C)c1CNc1cccn2c(C)c(C)nc12. The van der Waals surface area contributed by atoms with Crippen molar-refractivity contribution in [3.8, 4) is 0 Å². The minimum atomic E-state index is -0.295. The highest BCUT2D eigenvalue weighted by atomic mass is 16.2. The van der Waals surface area contributed by atoms with E-state index in [1.54, 1.807) is 0 Å². The summed E-state index contributed by atoms with van der Waals surface area (Å²) >= 11 is 0. The lowest BCUT2D eigenvalue weighted by Gasteiger charge is -2.15. The van der Waals surface area contributed by atoms with Crippen molar-refractivity contribution < 1.29 is 9.59 Å². The highest BCUT2D eigenvalue weighted by molar-refractivity contribution is 6.03. The van der Waals surface area contributed by atoms with Crippen LogP contribution in [0.4, 0.5) is 11.4 Å². The van der Waals surface area contributed by atoms with Crippen molar-refractivity contribution >= 4 is 28.7 Å². The summed E-state index contributed by atoms with van der Waals surface area (Å²) in [6.45, 7) is 7.99. The van der Waals surface area contributed by atoms with Gasteiger partial charge in [-0.2, -0.15) is 0 Å². The molecule has 0 radical (unpaired) electrons. The molecule has 6 heteroatoms. The van der Waals surface area contributed by atoms with E-state index in [2.05, 4.69) is 20.0 Å². The van der Waals surface area contributed by atoms with Gasteiger partial charge in [0.05, 0.1) is 17.8 Å². The number of hydrogen-bond acceptors (Lipinski definition) is 4. The number of amides is 1. The zero-order valence-electron chi connectivity index (χ0n) is 16.1. The summed E-state index contributed by atoms with van der Waals surface area (Å²) in [6.07, 6.45) is 1.88. The lowest BCUT2D eigenvalue weighted by molar-refractivity contribution is -0.124. The fraction of sp³-hybridized carbons (Fsp3) is 0.286. The van der Waals surface area contributed by atoms with Gasteiger partial charge in [0.1, 0.15) is 5.78 Å². The normalized spacial score (nSPS) is 10.8. The van der Waals surface area contributed by atoms with Gasteiger partial charge in [-0.05, 0) is 57.0 Å². The van der Waals surface area contributed by atoms with Gasteiger partial charge >= 0.3 is 0 Å². The number of aromatic nitrogens is 2. The molecule has 6 nitrogen and oxygen atoms in total. The molecule has 1 amide bonds. The molecule has 27 heavy (non-hydrogen) atoms. The number of carbonyl (C=O) groups excluding carboxylic acids is 2. The number of imidazole rings is 1. The van der Waals surface area contributed by atoms with Crippen LogP contribution in [0.5, 0.6) is 0 Å². The largest absolute Gasteiger partial charge is 0.378 e. The van der Waals surface area contributed by atoms with Gasteiger partial charge < -0.3 is 15.0 Å². The lowest BCUT2D eigenvalue weighted by atomic mass is 10.1. The number of aryl methyl sites for hydroxylation is 3. The third-order valence-electron chi connectivity index (χ3n) is 4.68. The van der Waals surface area contributed by atoms with Gasteiger partial charge in [-0.3, -0.25) is 9.59 Å². The van der Waals surface area contributed by atoms with Gasteiger partial charge in [-0.25, -0.2) is 4.98 Å². The fourth-order valence-electron chi connectivity index (χ4n) is 3.10. The number of pyridine rings is 1. The van der Waals surface area contributed by atoms with Crippen LogP contribution in [0.3, 0.4) is 0 Å². The molecule has 2 N–H and O–H groups in total. The molecule has 0 spiro atoms. The van der Waals surface area contributed by atoms with Crippen LogP contribution < -0.4 is 10.6 Å². The van der Waals surface area contributed by atoms with Gasteiger partial charge in [-0.1, -0.05) is 12.1 Å². The Labute approximate surface area is 158 Å². The lowest BCUT2D eigenvalue weighted by Crippen LogP contribution is -2.17. The highest BCUT2D eigenvalue weighted by Gasteiger charge is 2.12. The number of anilines is 2. The van der Waals surface area contributed by atoms with Crippen molar-refractivity contribution in [2.45, 2.75) is 40.7 Å². The predicted octanol–water partition coefficient (Wildman–Crippen LogP) is 3.79. The molecule has 0 fully saturated rings. The predicted molar refractivity (Wildman–Crippen MR) is 107 cm³/mol. The average molecular weight is 364 g/mol. The summed E-state index contributed by atoms with van der Waals surface area (Å²) < 4.78 is 2.06. The second-order valence-electron chi connectivity index (χ2n) is 6.78. The van der Waals surface area contributed by atoms with Crippen molar-refractivity contribution in [2.24, 2.45) is 0 Å². The number of fused-ring (bicyclic) bond motifs is 1. The standard InChI is InChI=1S/C21H24N4O2/c1-13-7-5-8-18(24-20(27)11-14(2)26)17(13)12-22-19-9-6-10-25-16(4)15(3)23-21(19)25/h5-10,22H,11-12H2,1-4H3,(H,24,27). The number of Topliss-reactive ketones (excluding diaryl/α,β-unsaturated/α-hetero) is 1. The molecule has 3 aromatic rings. The Hall–Kier alpha value is -3.15. The van der Waals surface area contributed by atoms with Crippen molar-refractivity contribution in [1.29, 1.82) is 0 Å². The van der Waals surface area contributed by atoms with Gasteiger partial charge in [0, 0.05) is 24.1 Å². The van der Waals surface area contributed by atoms with Gasteiger partial charge in [-0.15, -0.1) is 0 Å². The van der Waals surface area contributed by atoms with Gasteiger partial charge in [0.2, 0.25) is 5.91 Å². The fourth-order valence-corrected chi connectivity index (χ4v) is 3.10. The molecular formula is C21H24N4O2. The number of carbonyl (C=O) groups is 2. The summed E-state index contributed by atoms with van der Waals surface area (Å²) in [5.74, 6) is -0.451. The Bertz CT molecular complexity index is 1020. The number of rotatable bonds is 6. The summed E-state index contributed by atoms with van der Waals surface area (Å²) in [5, 5.41) is 6.29. The van der Waals surface area contributed by atoms with Crippen LogP contribution in [0.2, 0.25) is 0 Å². The summed E-state index contributed by atoms with van der Waals surface area (Å²) in [5.41, 5.74) is 6.68.